The molecule has 0 aliphatic rings. The molecule has 0 heterocycles. The van der Waals surface area contributed by atoms with E-state index >= 15 is 0 Å². The lowest BCUT2D eigenvalue weighted by Crippen LogP contribution is -2.19. The van der Waals surface area contributed by atoms with Gasteiger partial charge in [-0.25, -0.2) is 0 Å². The SMILES string of the molecule is CCOC(=O)CCNCc1cccc(C#N)c1. The summed E-state index contributed by atoms with van der Waals surface area (Å²) in [4.78, 5) is 11.0. The summed E-state index contributed by atoms with van der Waals surface area (Å²) < 4.78 is 4.81. The summed E-state index contributed by atoms with van der Waals surface area (Å²) in [6.45, 7) is 3.44. The van der Waals surface area contributed by atoms with Gasteiger partial charge in [0.2, 0.25) is 0 Å². The summed E-state index contributed by atoms with van der Waals surface area (Å²) in [7, 11) is 0. The molecule has 0 saturated heterocycles. The van der Waals surface area contributed by atoms with Crippen LogP contribution in [0.1, 0.15) is 24.5 Å². The minimum absolute atomic E-state index is 0.189. The van der Waals surface area contributed by atoms with Gasteiger partial charge in [0.05, 0.1) is 24.7 Å². The van der Waals surface area contributed by atoms with Gasteiger partial charge in [-0.05, 0) is 24.6 Å². The molecule has 1 N–H and O–H groups in total. The summed E-state index contributed by atoms with van der Waals surface area (Å²) in [6.07, 6.45) is 0.367. The quantitative estimate of drug-likeness (QED) is 0.597. The smallest absolute Gasteiger partial charge is 0.307 e. The van der Waals surface area contributed by atoms with E-state index in [1.165, 1.54) is 0 Å². The Hall–Kier alpha value is -1.86. The molecule has 0 radical (unpaired) electrons. The highest BCUT2D eigenvalue weighted by Gasteiger charge is 2.00. The molecule has 0 spiro atoms. The maximum absolute atomic E-state index is 11.0. The number of esters is 1. The second kappa shape index (κ2) is 7.42. The van der Waals surface area contributed by atoms with Crippen LogP contribution in [0.25, 0.3) is 0 Å². The van der Waals surface area contributed by atoms with Gasteiger partial charge in [-0.15, -0.1) is 0 Å². The second-order valence-electron chi connectivity index (χ2n) is 3.54. The van der Waals surface area contributed by atoms with Crippen molar-refractivity contribution in [2.75, 3.05) is 13.2 Å². The average Bonchev–Trinajstić information content (AvgIpc) is 2.35. The van der Waals surface area contributed by atoms with Gasteiger partial charge in [0.15, 0.2) is 0 Å². The molecule has 17 heavy (non-hydrogen) atoms. The average molecular weight is 232 g/mol. The Morgan fingerprint density at radius 1 is 1.53 bits per heavy atom. The number of nitriles is 1. The zero-order valence-electron chi connectivity index (χ0n) is 9.90. The topological polar surface area (TPSA) is 62.1 Å². The van der Waals surface area contributed by atoms with Crippen molar-refractivity contribution in [2.45, 2.75) is 19.9 Å². The molecule has 1 aromatic rings. The molecule has 1 rings (SSSR count). The van der Waals surface area contributed by atoms with Crippen molar-refractivity contribution < 1.29 is 9.53 Å². The standard InChI is InChI=1S/C13H16N2O2/c1-2-17-13(16)6-7-15-10-12-5-3-4-11(8-12)9-14/h3-5,8,15H,2,6-7,10H2,1H3. The Bertz CT molecular complexity index is 410. The molecule has 0 fully saturated rings. The number of nitrogens with zero attached hydrogens (tertiary/aromatic N) is 1. The molecule has 0 aliphatic heterocycles. The molecule has 0 unspecified atom stereocenters. The Labute approximate surface area is 101 Å². The van der Waals surface area contributed by atoms with E-state index in [2.05, 4.69) is 11.4 Å². The van der Waals surface area contributed by atoms with Crippen LogP contribution in [0, 0.1) is 11.3 Å². The molecule has 0 saturated carbocycles. The molecule has 0 bridgehead atoms. The van der Waals surface area contributed by atoms with E-state index in [-0.39, 0.29) is 5.97 Å². The van der Waals surface area contributed by atoms with Crippen LogP contribution in [-0.4, -0.2) is 19.1 Å². The molecule has 0 aromatic heterocycles. The summed E-state index contributed by atoms with van der Waals surface area (Å²) in [5, 5.41) is 11.9. The maximum atomic E-state index is 11.0. The predicted molar refractivity (Wildman–Crippen MR) is 64.1 cm³/mol. The number of nitrogens with one attached hydrogen (secondary N) is 1. The third-order valence-corrected chi connectivity index (χ3v) is 2.20. The first kappa shape index (κ1) is 13.2. The number of rotatable bonds is 6. The summed E-state index contributed by atoms with van der Waals surface area (Å²) in [5.41, 5.74) is 1.68. The fraction of sp³-hybridized carbons (Fsp3) is 0.385. The highest BCUT2D eigenvalue weighted by molar-refractivity contribution is 5.69. The number of hydrogen-bond donors (Lipinski definition) is 1. The molecular formula is C13H16N2O2. The molecule has 90 valence electrons. The summed E-state index contributed by atoms with van der Waals surface area (Å²) in [5.74, 6) is -0.189. The number of carbonyl (C=O) groups excluding carboxylic acids is 1. The third kappa shape index (κ3) is 5.14. The van der Waals surface area contributed by atoms with E-state index in [0.29, 0.717) is 31.7 Å². The lowest BCUT2D eigenvalue weighted by Gasteiger charge is -2.05. The molecule has 0 atom stereocenters. The zero-order valence-corrected chi connectivity index (χ0v) is 9.90. The number of hydrogen-bond acceptors (Lipinski definition) is 4. The van der Waals surface area contributed by atoms with Gasteiger partial charge in [-0.2, -0.15) is 5.26 Å². The lowest BCUT2D eigenvalue weighted by molar-refractivity contribution is -0.142. The van der Waals surface area contributed by atoms with Gasteiger partial charge in [-0.1, -0.05) is 12.1 Å². The van der Waals surface area contributed by atoms with Crippen LogP contribution in [0.3, 0.4) is 0 Å². The first-order valence-electron chi connectivity index (χ1n) is 5.61. The normalized spacial score (nSPS) is 9.65. The minimum Gasteiger partial charge on any atom is -0.466 e. The van der Waals surface area contributed by atoms with Gasteiger partial charge < -0.3 is 10.1 Å². The second-order valence-corrected chi connectivity index (χ2v) is 3.54. The zero-order chi connectivity index (χ0) is 12.5. The first-order chi connectivity index (χ1) is 8.26. The van der Waals surface area contributed by atoms with Crippen molar-refractivity contribution in [3.8, 4) is 6.07 Å². The summed E-state index contributed by atoms with van der Waals surface area (Å²) in [6, 6.07) is 9.48. The first-order valence-corrected chi connectivity index (χ1v) is 5.61. The van der Waals surface area contributed by atoms with E-state index in [1.54, 1.807) is 13.0 Å². The van der Waals surface area contributed by atoms with Gasteiger partial charge in [-0.3, -0.25) is 4.79 Å². The highest BCUT2D eigenvalue weighted by Crippen LogP contribution is 2.03. The van der Waals surface area contributed by atoms with E-state index in [0.717, 1.165) is 5.56 Å². The number of benzene rings is 1. The van der Waals surface area contributed by atoms with Crippen molar-refractivity contribution in [3.05, 3.63) is 35.4 Å². The predicted octanol–water partition coefficient (Wildman–Crippen LogP) is 1.60. The minimum atomic E-state index is -0.189. The van der Waals surface area contributed by atoms with E-state index in [1.807, 2.05) is 18.2 Å². The van der Waals surface area contributed by atoms with Gasteiger partial charge >= 0.3 is 5.97 Å². The van der Waals surface area contributed by atoms with E-state index < -0.39 is 0 Å². The number of carbonyl (C=O) groups is 1. The van der Waals surface area contributed by atoms with Crippen LogP contribution < -0.4 is 5.32 Å². The fourth-order valence-electron chi connectivity index (χ4n) is 1.41. The van der Waals surface area contributed by atoms with Crippen molar-refractivity contribution in [3.63, 3.8) is 0 Å². The van der Waals surface area contributed by atoms with Gasteiger partial charge in [0.1, 0.15) is 0 Å². The molecule has 4 heteroatoms. The monoisotopic (exact) mass is 232 g/mol. The van der Waals surface area contributed by atoms with Crippen molar-refractivity contribution in [1.82, 2.24) is 5.32 Å². The Balaban J connectivity index is 2.27. The molecule has 0 aliphatic carbocycles. The maximum Gasteiger partial charge on any atom is 0.307 e. The Morgan fingerprint density at radius 3 is 3.06 bits per heavy atom. The van der Waals surface area contributed by atoms with Crippen LogP contribution in [0.5, 0.6) is 0 Å². The Morgan fingerprint density at radius 2 is 2.35 bits per heavy atom. The fourth-order valence-corrected chi connectivity index (χ4v) is 1.41. The largest absolute Gasteiger partial charge is 0.466 e. The summed E-state index contributed by atoms with van der Waals surface area (Å²) >= 11 is 0. The molecule has 4 nitrogen and oxygen atoms in total. The van der Waals surface area contributed by atoms with Crippen LogP contribution in [-0.2, 0) is 16.1 Å². The molecule has 1 aromatic carbocycles. The van der Waals surface area contributed by atoms with Crippen LogP contribution in [0.15, 0.2) is 24.3 Å². The van der Waals surface area contributed by atoms with Gasteiger partial charge in [0, 0.05) is 13.1 Å². The van der Waals surface area contributed by atoms with Gasteiger partial charge in [0.25, 0.3) is 0 Å². The van der Waals surface area contributed by atoms with Crippen LogP contribution >= 0.6 is 0 Å². The van der Waals surface area contributed by atoms with E-state index in [9.17, 15) is 4.79 Å². The number of ether oxygens (including phenoxy) is 1. The lowest BCUT2D eigenvalue weighted by atomic mass is 10.1. The van der Waals surface area contributed by atoms with Crippen molar-refractivity contribution >= 4 is 5.97 Å². The molecular weight excluding hydrogens is 216 g/mol. The third-order valence-electron chi connectivity index (χ3n) is 2.20. The Kier molecular flexibility index (Phi) is 5.76. The van der Waals surface area contributed by atoms with Crippen LogP contribution in [0.4, 0.5) is 0 Å². The highest BCUT2D eigenvalue weighted by atomic mass is 16.5. The van der Waals surface area contributed by atoms with E-state index in [4.69, 9.17) is 10.00 Å². The van der Waals surface area contributed by atoms with Crippen molar-refractivity contribution in [2.24, 2.45) is 0 Å². The van der Waals surface area contributed by atoms with Crippen LogP contribution in [0.2, 0.25) is 0 Å². The molecule has 0 amide bonds. The van der Waals surface area contributed by atoms with Crippen molar-refractivity contribution in [1.29, 1.82) is 5.26 Å².